The third kappa shape index (κ3) is 8.28. The van der Waals surface area contributed by atoms with E-state index >= 15 is 0 Å². The van der Waals surface area contributed by atoms with E-state index in [2.05, 4.69) is 4.98 Å². The predicted octanol–water partition coefficient (Wildman–Crippen LogP) is -0.183. The van der Waals surface area contributed by atoms with E-state index < -0.39 is 30.8 Å². The molecule has 0 unspecified atom stereocenters. The number of aromatic carboxylic acids is 2. The van der Waals surface area contributed by atoms with Crippen LogP contribution < -0.4 is 0 Å². The van der Waals surface area contributed by atoms with Crippen LogP contribution in [0.1, 0.15) is 21.0 Å². The summed E-state index contributed by atoms with van der Waals surface area (Å²) >= 11 is -1.78. The van der Waals surface area contributed by atoms with Crippen LogP contribution in [-0.4, -0.2) is 41.4 Å². The van der Waals surface area contributed by atoms with Crippen molar-refractivity contribution in [3.63, 3.8) is 0 Å². The van der Waals surface area contributed by atoms with Crippen molar-refractivity contribution >= 4 is 11.9 Å². The third-order valence-corrected chi connectivity index (χ3v) is 1.19. The van der Waals surface area contributed by atoms with Crippen LogP contribution in [0.4, 0.5) is 0 Å². The molecule has 9 nitrogen and oxygen atoms in total. The first-order valence-electron chi connectivity index (χ1n) is 3.60. The van der Waals surface area contributed by atoms with Crippen molar-refractivity contribution in [2.45, 2.75) is 0 Å². The van der Waals surface area contributed by atoms with Gasteiger partial charge in [-0.1, -0.05) is 6.07 Å². The summed E-state index contributed by atoms with van der Waals surface area (Å²) in [5, 5.41) is 28.9. The van der Waals surface area contributed by atoms with Crippen LogP contribution in [0.5, 0.6) is 0 Å². The summed E-state index contributed by atoms with van der Waals surface area (Å²) in [4.78, 5) is 24.0. The summed E-state index contributed by atoms with van der Waals surface area (Å²) in [6.07, 6.45) is 0. The molecule has 0 saturated carbocycles. The SMILES string of the molecule is O=C(O)c1cccc(C(=O)O)n1.OO.[O]=[Mo][OH]. The molecule has 0 aliphatic carbocycles. The van der Waals surface area contributed by atoms with Crippen molar-refractivity contribution in [1.29, 1.82) is 0 Å². The molecule has 0 aliphatic heterocycles. The first-order chi connectivity index (χ1) is 8.02. The second-order valence-corrected chi connectivity index (χ2v) is 2.46. The average molecular weight is 330 g/mol. The average Bonchev–Trinajstić information content (AvgIpc) is 2.33. The van der Waals surface area contributed by atoms with Crippen molar-refractivity contribution in [3.05, 3.63) is 29.6 Å². The standard InChI is InChI=1S/C7H5NO4.Mo.H2O2.H2O.O/c9-6(10)4-2-1-3-5(8-4)7(11)12;;1-2;;/h1-3H,(H,9,10)(H,11,12);;1-2H;1H2;/q;+1;;;/p-1. The van der Waals surface area contributed by atoms with Crippen molar-refractivity contribution in [1.82, 2.24) is 4.98 Å². The Balaban J connectivity index is 0. The van der Waals surface area contributed by atoms with Gasteiger partial charge in [-0.3, -0.25) is 10.5 Å². The molecule has 0 atom stereocenters. The van der Waals surface area contributed by atoms with Gasteiger partial charge in [0.15, 0.2) is 0 Å². The van der Waals surface area contributed by atoms with Crippen LogP contribution >= 0.6 is 0 Å². The van der Waals surface area contributed by atoms with Crippen molar-refractivity contribution < 1.29 is 56.4 Å². The van der Waals surface area contributed by atoms with Gasteiger partial charge in [0.1, 0.15) is 11.4 Å². The van der Waals surface area contributed by atoms with Gasteiger partial charge in [-0.05, 0) is 12.1 Å². The zero-order valence-corrected chi connectivity index (χ0v) is 10.1. The van der Waals surface area contributed by atoms with E-state index in [1.165, 1.54) is 18.2 Å². The summed E-state index contributed by atoms with van der Waals surface area (Å²) in [5.74, 6) is -2.48. The van der Waals surface area contributed by atoms with Gasteiger partial charge in [-0.25, -0.2) is 14.6 Å². The zero-order valence-electron chi connectivity index (χ0n) is 8.05. The van der Waals surface area contributed by atoms with Gasteiger partial charge in [-0.15, -0.1) is 0 Å². The molecule has 0 spiro atoms. The van der Waals surface area contributed by atoms with Gasteiger partial charge in [0, 0.05) is 0 Å². The number of rotatable bonds is 2. The van der Waals surface area contributed by atoms with Crippen LogP contribution in [0.2, 0.25) is 0 Å². The number of carboxylic acid groups (broad SMARTS) is 2. The van der Waals surface area contributed by atoms with Crippen molar-refractivity contribution in [2.75, 3.05) is 0 Å². The van der Waals surface area contributed by atoms with Gasteiger partial charge in [-0.2, -0.15) is 0 Å². The molecule has 0 fully saturated rings. The first-order valence-corrected chi connectivity index (χ1v) is 5.31. The van der Waals surface area contributed by atoms with E-state index in [1.807, 2.05) is 0 Å². The molecule has 1 rings (SSSR count). The molecule has 0 saturated heterocycles. The summed E-state index contributed by atoms with van der Waals surface area (Å²) < 4.78 is 15.8. The molecule has 0 aliphatic rings. The molecule has 1 heterocycles. The molecular formula is C7H8MoNO8. The molecule has 17 heavy (non-hydrogen) atoms. The first kappa shape index (κ1) is 17.8. The van der Waals surface area contributed by atoms with Crippen molar-refractivity contribution in [3.8, 4) is 0 Å². The Morgan fingerprint density at radius 3 is 1.59 bits per heavy atom. The molecule has 0 aromatic carbocycles. The van der Waals surface area contributed by atoms with E-state index in [4.69, 9.17) is 27.9 Å². The van der Waals surface area contributed by atoms with E-state index in [0.717, 1.165) is 0 Å². The van der Waals surface area contributed by atoms with Gasteiger partial charge in [0.2, 0.25) is 0 Å². The molecule has 1 aromatic heterocycles. The molecule has 0 radical (unpaired) electrons. The fourth-order valence-corrected chi connectivity index (χ4v) is 0.673. The summed E-state index contributed by atoms with van der Waals surface area (Å²) in [6.45, 7) is 0. The third-order valence-electron chi connectivity index (χ3n) is 1.19. The molecule has 10 heteroatoms. The van der Waals surface area contributed by atoms with Crippen LogP contribution in [0.25, 0.3) is 0 Å². The zero-order chi connectivity index (χ0) is 13.8. The normalized spacial score (nSPS) is 7.71. The second kappa shape index (κ2) is 11.0. The number of carboxylic acids is 2. The number of hydrogen-bond donors (Lipinski definition) is 5. The number of hydrogen-bond acceptors (Lipinski definition) is 6. The number of carbonyl (C=O) groups is 2. The predicted molar refractivity (Wildman–Crippen MR) is 46.3 cm³/mol. The summed E-state index contributed by atoms with van der Waals surface area (Å²) in [6, 6.07) is 3.80. The van der Waals surface area contributed by atoms with E-state index in [1.54, 1.807) is 0 Å². The second-order valence-electron chi connectivity index (χ2n) is 2.09. The Bertz CT molecular complexity index is 353. The molecular weight excluding hydrogens is 322 g/mol. The Labute approximate surface area is 103 Å². The van der Waals surface area contributed by atoms with Gasteiger partial charge in [0.25, 0.3) is 0 Å². The summed E-state index contributed by atoms with van der Waals surface area (Å²) in [7, 11) is 0. The van der Waals surface area contributed by atoms with Crippen LogP contribution in [0.15, 0.2) is 18.2 Å². The topological polar surface area (TPSA) is 165 Å². The number of pyridine rings is 1. The van der Waals surface area contributed by atoms with Crippen LogP contribution in [0, 0.1) is 0 Å². The Hall–Kier alpha value is -1.54. The van der Waals surface area contributed by atoms with E-state index in [0.29, 0.717) is 0 Å². The molecule has 0 bridgehead atoms. The van der Waals surface area contributed by atoms with Crippen LogP contribution in [-0.2, 0) is 22.3 Å². The van der Waals surface area contributed by atoms with Crippen molar-refractivity contribution in [2.24, 2.45) is 0 Å². The molecule has 5 N–H and O–H groups in total. The minimum atomic E-state index is -1.78. The fourth-order valence-electron chi connectivity index (χ4n) is 0.673. The van der Waals surface area contributed by atoms with E-state index in [-0.39, 0.29) is 11.4 Å². The Morgan fingerprint density at radius 1 is 1.06 bits per heavy atom. The quantitative estimate of drug-likeness (QED) is 0.281. The maximum absolute atomic E-state index is 10.3. The number of aromatic nitrogens is 1. The summed E-state index contributed by atoms with van der Waals surface area (Å²) in [5.41, 5.74) is -0.537. The monoisotopic (exact) mass is 332 g/mol. The minimum absolute atomic E-state index is 0.269. The Morgan fingerprint density at radius 2 is 1.35 bits per heavy atom. The molecule has 0 amide bonds. The molecule has 1 aromatic rings. The maximum atomic E-state index is 10.3. The van der Waals surface area contributed by atoms with Gasteiger partial charge >= 0.3 is 38.0 Å². The van der Waals surface area contributed by atoms with Gasteiger partial charge in [0.05, 0.1) is 0 Å². The van der Waals surface area contributed by atoms with E-state index in [9.17, 15) is 9.59 Å². The number of nitrogens with zero attached hydrogens (tertiary/aromatic N) is 1. The molecule has 95 valence electrons. The van der Waals surface area contributed by atoms with Crippen LogP contribution in [0.3, 0.4) is 0 Å². The van der Waals surface area contributed by atoms with Gasteiger partial charge < -0.3 is 10.2 Å². The fraction of sp³-hybridized carbons (Fsp3) is 0. The Kier molecular flexibility index (Phi) is 11.5.